The van der Waals surface area contributed by atoms with Gasteiger partial charge < -0.3 is 18.9 Å². The van der Waals surface area contributed by atoms with Gasteiger partial charge in [-0.3, -0.25) is 4.90 Å². The van der Waals surface area contributed by atoms with Crippen LogP contribution in [-0.4, -0.2) is 46.9 Å². The number of hydrogen-bond acceptors (Lipinski definition) is 5. The van der Waals surface area contributed by atoms with Gasteiger partial charge in [-0.05, 0) is 54.8 Å². The van der Waals surface area contributed by atoms with Crippen molar-refractivity contribution in [1.29, 1.82) is 0 Å². The third kappa shape index (κ3) is 3.31. The standard InChI is InChI=1S/C21H27NO4/c1-22-10-9-14-12-19(24-3)20(25-4)13-16(14)17(22)11-15-7-6-8-18(23-2)21(15)26-5/h6-8,12-13,17H,9-11H2,1-5H3. The summed E-state index contributed by atoms with van der Waals surface area (Å²) >= 11 is 0. The largest absolute Gasteiger partial charge is 0.493 e. The van der Waals surface area contributed by atoms with Crippen LogP contribution in [0.25, 0.3) is 0 Å². The van der Waals surface area contributed by atoms with Gasteiger partial charge in [-0.2, -0.15) is 0 Å². The molecule has 5 heteroatoms. The van der Waals surface area contributed by atoms with Gasteiger partial charge in [0, 0.05) is 12.6 Å². The third-order valence-corrected chi connectivity index (χ3v) is 5.17. The molecule has 0 N–H and O–H groups in total. The number of rotatable bonds is 6. The molecule has 1 atom stereocenters. The molecular formula is C21H27NO4. The Morgan fingerprint density at radius 2 is 1.62 bits per heavy atom. The van der Waals surface area contributed by atoms with Crippen LogP contribution in [0, 0.1) is 0 Å². The van der Waals surface area contributed by atoms with Crippen molar-refractivity contribution >= 4 is 0 Å². The minimum absolute atomic E-state index is 0.236. The van der Waals surface area contributed by atoms with Gasteiger partial charge >= 0.3 is 0 Å². The van der Waals surface area contributed by atoms with Crippen LogP contribution in [0.4, 0.5) is 0 Å². The maximum atomic E-state index is 5.63. The lowest BCUT2D eigenvalue weighted by molar-refractivity contribution is 0.226. The summed E-state index contributed by atoms with van der Waals surface area (Å²) in [6, 6.07) is 10.5. The Labute approximate surface area is 155 Å². The van der Waals surface area contributed by atoms with Crippen LogP contribution in [0.5, 0.6) is 23.0 Å². The molecule has 1 aliphatic heterocycles. The highest BCUT2D eigenvalue weighted by Gasteiger charge is 2.28. The highest BCUT2D eigenvalue weighted by molar-refractivity contribution is 5.51. The predicted octanol–water partition coefficient (Wildman–Crippen LogP) is 3.49. The first-order chi connectivity index (χ1) is 12.6. The lowest BCUT2D eigenvalue weighted by atomic mass is 9.88. The molecule has 26 heavy (non-hydrogen) atoms. The Kier molecular flexibility index (Phi) is 5.57. The van der Waals surface area contributed by atoms with Gasteiger partial charge in [-0.15, -0.1) is 0 Å². The molecule has 0 saturated carbocycles. The highest BCUT2D eigenvalue weighted by atomic mass is 16.5. The molecule has 2 aromatic carbocycles. The minimum Gasteiger partial charge on any atom is -0.493 e. The van der Waals surface area contributed by atoms with Gasteiger partial charge in [0.25, 0.3) is 0 Å². The molecule has 0 radical (unpaired) electrons. The van der Waals surface area contributed by atoms with Gasteiger partial charge in [0.05, 0.1) is 28.4 Å². The number of nitrogens with zero attached hydrogens (tertiary/aromatic N) is 1. The number of para-hydroxylation sites is 1. The van der Waals surface area contributed by atoms with E-state index in [0.29, 0.717) is 0 Å². The summed E-state index contributed by atoms with van der Waals surface area (Å²) in [5.74, 6) is 3.12. The molecule has 1 unspecified atom stereocenters. The summed E-state index contributed by atoms with van der Waals surface area (Å²) in [6.07, 6.45) is 1.83. The molecule has 0 spiro atoms. The van der Waals surface area contributed by atoms with Crippen molar-refractivity contribution in [1.82, 2.24) is 4.90 Å². The molecule has 0 amide bonds. The van der Waals surface area contributed by atoms with Gasteiger partial charge in [-0.1, -0.05) is 12.1 Å². The molecule has 0 bridgehead atoms. The van der Waals surface area contributed by atoms with Crippen LogP contribution < -0.4 is 18.9 Å². The fourth-order valence-corrected chi connectivity index (χ4v) is 3.74. The van der Waals surface area contributed by atoms with Crippen molar-refractivity contribution in [3.05, 3.63) is 47.0 Å². The average molecular weight is 357 g/mol. The third-order valence-electron chi connectivity index (χ3n) is 5.17. The minimum atomic E-state index is 0.236. The zero-order valence-corrected chi connectivity index (χ0v) is 16.2. The van der Waals surface area contributed by atoms with E-state index in [-0.39, 0.29) is 6.04 Å². The van der Waals surface area contributed by atoms with E-state index in [4.69, 9.17) is 18.9 Å². The van der Waals surface area contributed by atoms with Crippen LogP contribution in [0.3, 0.4) is 0 Å². The van der Waals surface area contributed by atoms with E-state index < -0.39 is 0 Å². The maximum Gasteiger partial charge on any atom is 0.163 e. The van der Waals surface area contributed by atoms with E-state index in [0.717, 1.165) is 47.9 Å². The molecule has 3 rings (SSSR count). The number of fused-ring (bicyclic) bond motifs is 1. The molecule has 5 nitrogen and oxygen atoms in total. The molecule has 0 aromatic heterocycles. The van der Waals surface area contributed by atoms with E-state index >= 15 is 0 Å². The van der Waals surface area contributed by atoms with E-state index in [1.165, 1.54) is 11.1 Å². The smallest absolute Gasteiger partial charge is 0.163 e. The number of methoxy groups -OCH3 is 4. The number of hydrogen-bond donors (Lipinski definition) is 0. The van der Waals surface area contributed by atoms with Crippen molar-refractivity contribution in [3.63, 3.8) is 0 Å². The van der Waals surface area contributed by atoms with Crippen molar-refractivity contribution < 1.29 is 18.9 Å². The second-order valence-corrected chi connectivity index (χ2v) is 6.51. The van der Waals surface area contributed by atoms with E-state index in [2.05, 4.69) is 30.1 Å². The number of benzene rings is 2. The summed E-state index contributed by atoms with van der Waals surface area (Å²) in [6.45, 7) is 0.999. The lowest BCUT2D eigenvalue weighted by Crippen LogP contribution is -2.33. The Hall–Kier alpha value is -2.40. The number of likely N-dealkylation sites (N-methyl/N-ethyl adjacent to an activating group) is 1. The van der Waals surface area contributed by atoms with Crippen molar-refractivity contribution in [2.75, 3.05) is 42.0 Å². The Morgan fingerprint density at radius 3 is 2.27 bits per heavy atom. The second-order valence-electron chi connectivity index (χ2n) is 6.51. The molecule has 0 aliphatic carbocycles. The van der Waals surface area contributed by atoms with E-state index in [1.807, 2.05) is 12.1 Å². The average Bonchev–Trinajstić information content (AvgIpc) is 2.68. The van der Waals surface area contributed by atoms with Crippen molar-refractivity contribution in [2.24, 2.45) is 0 Å². The van der Waals surface area contributed by atoms with Crippen molar-refractivity contribution in [3.8, 4) is 23.0 Å². The Bertz CT molecular complexity index is 775. The quantitative estimate of drug-likeness (QED) is 0.791. The first-order valence-corrected chi connectivity index (χ1v) is 8.77. The molecule has 1 aliphatic rings. The topological polar surface area (TPSA) is 40.2 Å². The van der Waals surface area contributed by atoms with Crippen LogP contribution in [0.15, 0.2) is 30.3 Å². The van der Waals surface area contributed by atoms with Crippen LogP contribution in [0.2, 0.25) is 0 Å². The summed E-state index contributed by atoms with van der Waals surface area (Å²) < 4.78 is 22.1. The summed E-state index contributed by atoms with van der Waals surface area (Å²) in [5, 5.41) is 0. The summed E-state index contributed by atoms with van der Waals surface area (Å²) in [7, 11) is 8.88. The monoisotopic (exact) mass is 357 g/mol. The lowest BCUT2D eigenvalue weighted by Gasteiger charge is -2.35. The predicted molar refractivity (Wildman–Crippen MR) is 102 cm³/mol. The van der Waals surface area contributed by atoms with Gasteiger partial charge in [0.1, 0.15) is 0 Å². The SMILES string of the molecule is COc1cc2c(cc1OC)C(Cc1cccc(OC)c1OC)N(C)CC2. The molecule has 0 fully saturated rings. The van der Waals surface area contributed by atoms with Crippen LogP contribution in [0.1, 0.15) is 22.7 Å². The molecule has 140 valence electrons. The fraction of sp³-hybridized carbons (Fsp3) is 0.429. The molecular weight excluding hydrogens is 330 g/mol. The van der Waals surface area contributed by atoms with Crippen LogP contribution in [-0.2, 0) is 12.8 Å². The van der Waals surface area contributed by atoms with Gasteiger partial charge in [-0.25, -0.2) is 0 Å². The normalized spacial score (nSPS) is 16.7. The molecule has 0 saturated heterocycles. The van der Waals surface area contributed by atoms with Crippen molar-refractivity contribution in [2.45, 2.75) is 18.9 Å². The van der Waals surface area contributed by atoms with E-state index in [1.54, 1.807) is 28.4 Å². The first-order valence-electron chi connectivity index (χ1n) is 8.77. The molecule has 1 heterocycles. The van der Waals surface area contributed by atoms with E-state index in [9.17, 15) is 0 Å². The Balaban J connectivity index is 2.02. The summed E-state index contributed by atoms with van der Waals surface area (Å²) in [5.41, 5.74) is 3.72. The van der Waals surface area contributed by atoms with Gasteiger partial charge in [0.15, 0.2) is 23.0 Å². The zero-order valence-electron chi connectivity index (χ0n) is 16.2. The number of ether oxygens (including phenoxy) is 4. The maximum absolute atomic E-state index is 5.63. The molecule has 2 aromatic rings. The van der Waals surface area contributed by atoms with Gasteiger partial charge in [0.2, 0.25) is 0 Å². The Morgan fingerprint density at radius 1 is 0.923 bits per heavy atom. The zero-order chi connectivity index (χ0) is 18.7. The fourth-order valence-electron chi connectivity index (χ4n) is 3.74. The second kappa shape index (κ2) is 7.87. The summed E-state index contributed by atoms with van der Waals surface area (Å²) in [4.78, 5) is 2.38. The highest BCUT2D eigenvalue weighted by Crippen LogP contribution is 2.41. The van der Waals surface area contributed by atoms with Crippen LogP contribution >= 0.6 is 0 Å². The first kappa shape index (κ1) is 18.4.